The molecule has 13 heavy (non-hydrogen) atoms. The second-order valence-corrected chi connectivity index (χ2v) is 2.93. The molecule has 0 radical (unpaired) electrons. The molecular formula is C9H20N2O2. The van der Waals surface area contributed by atoms with Gasteiger partial charge in [-0.3, -0.25) is 4.79 Å². The minimum Gasteiger partial charge on any atom is -0.395 e. The molecule has 0 saturated heterocycles. The van der Waals surface area contributed by atoms with Gasteiger partial charge < -0.3 is 15.7 Å². The topological polar surface area (TPSA) is 61.4 Å². The maximum absolute atomic E-state index is 11.0. The Morgan fingerprint density at radius 1 is 1.31 bits per heavy atom. The van der Waals surface area contributed by atoms with Gasteiger partial charge in [-0.15, -0.1) is 0 Å². The summed E-state index contributed by atoms with van der Waals surface area (Å²) >= 11 is 0. The van der Waals surface area contributed by atoms with E-state index in [4.69, 9.17) is 5.11 Å². The van der Waals surface area contributed by atoms with E-state index in [1.54, 1.807) is 0 Å². The van der Waals surface area contributed by atoms with E-state index in [1.165, 1.54) is 0 Å². The molecule has 0 aliphatic heterocycles. The van der Waals surface area contributed by atoms with Crippen LogP contribution in [0.25, 0.3) is 0 Å². The lowest BCUT2D eigenvalue weighted by Gasteiger charge is -2.03. The number of carbonyl (C=O) groups excluding carboxylic acids is 1. The Morgan fingerprint density at radius 2 is 2.08 bits per heavy atom. The summed E-state index contributed by atoms with van der Waals surface area (Å²) in [4.78, 5) is 11.0. The highest BCUT2D eigenvalue weighted by Gasteiger charge is 1.98. The first kappa shape index (κ1) is 12.4. The second-order valence-electron chi connectivity index (χ2n) is 2.93. The van der Waals surface area contributed by atoms with E-state index in [0.29, 0.717) is 13.0 Å². The largest absolute Gasteiger partial charge is 0.395 e. The molecule has 0 aromatic carbocycles. The average Bonchev–Trinajstić information content (AvgIpc) is 2.14. The van der Waals surface area contributed by atoms with Crippen LogP contribution in [0.3, 0.4) is 0 Å². The number of rotatable bonds is 8. The van der Waals surface area contributed by atoms with Crippen molar-refractivity contribution in [2.45, 2.75) is 26.2 Å². The van der Waals surface area contributed by atoms with Gasteiger partial charge in [-0.05, 0) is 25.9 Å². The summed E-state index contributed by atoms with van der Waals surface area (Å²) in [6.07, 6.45) is 2.52. The van der Waals surface area contributed by atoms with Crippen LogP contribution in [0.5, 0.6) is 0 Å². The van der Waals surface area contributed by atoms with Crippen molar-refractivity contribution in [2.75, 3.05) is 26.2 Å². The van der Waals surface area contributed by atoms with Gasteiger partial charge in [0.2, 0.25) is 5.91 Å². The Hall–Kier alpha value is -0.610. The Labute approximate surface area is 79.7 Å². The SMILES string of the molecule is CCCNCCCC(=O)NCCO. The zero-order chi connectivity index (χ0) is 9.94. The molecule has 78 valence electrons. The summed E-state index contributed by atoms with van der Waals surface area (Å²) in [5, 5.41) is 14.3. The normalized spacial score (nSPS) is 10.0. The summed E-state index contributed by atoms with van der Waals surface area (Å²) in [5.41, 5.74) is 0. The van der Waals surface area contributed by atoms with Crippen LogP contribution in [0.1, 0.15) is 26.2 Å². The van der Waals surface area contributed by atoms with Crippen LogP contribution in [0, 0.1) is 0 Å². The molecular weight excluding hydrogens is 168 g/mol. The first-order chi connectivity index (χ1) is 6.31. The highest BCUT2D eigenvalue weighted by Crippen LogP contribution is 1.86. The molecule has 0 heterocycles. The van der Waals surface area contributed by atoms with Crippen LogP contribution >= 0.6 is 0 Å². The lowest BCUT2D eigenvalue weighted by atomic mass is 10.3. The number of amides is 1. The van der Waals surface area contributed by atoms with E-state index < -0.39 is 0 Å². The summed E-state index contributed by atoms with van der Waals surface area (Å²) in [6, 6.07) is 0. The molecule has 0 aliphatic carbocycles. The van der Waals surface area contributed by atoms with E-state index in [1.807, 2.05) is 0 Å². The second kappa shape index (κ2) is 9.48. The number of hydrogen-bond donors (Lipinski definition) is 3. The van der Waals surface area contributed by atoms with E-state index in [-0.39, 0.29) is 12.5 Å². The van der Waals surface area contributed by atoms with Crippen LogP contribution < -0.4 is 10.6 Å². The fourth-order valence-electron chi connectivity index (χ4n) is 0.959. The maximum Gasteiger partial charge on any atom is 0.220 e. The first-order valence-electron chi connectivity index (χ1n) is 4.89. The summed E-state index contributed by atoms with van der Waals surface area (Å²) in [6.45, 7) is 4.39. The van der Waals surface area contributed by atoms with Crippen LogP contribution in [0.4, 0.5) is 0 Å². The Bertz CT molecular complexity index is 129. The molecule has 3 N–H and O–H groups in total. The van der Waals surface area contributed by atoms with Gasteiger partial charge in [-0.25, -0.2) is 0 Å². The zero-order valence-electron chi connectivity index (χ0n) is 8.31. The third-order valence-electron chi connectivity index (χ3n) is 1.62. The molecule has 0 rings (SSSR count). The van der Waals surface area contributed by atoms with E-state index in [2.05, 4.69) is 17.6 Å². The van der Waals surface area contributed by atoms with Crippen LogP contribution in [-0.2, 0) is 4.79 Å². The number of nitrogens with one attached hydrogen (secondary N) is 2. The summed E-state index contributed by atoms with van der Waals surface area (Å²) in [7, 11) is 0. The predicted octanol–water partition coefficient (Wildman–Crippen LogP) is -0.125. The van der Waals surface area contributed by atoms with Crippen LogP contribution in [-0.4, -0.2) is 37.3 Å². The van der Waals surface area contributed by atoms with Crippen molar-refractivity contribution in [1.82, 2.24) is 10.6 Å². The van der Waals surface area contributed by atoms with Gasteiger partial charge in [-0.2, -0.15) is 0 Å². The molecule has 0 bridgehead atoms. The van der Waals surface area contributed by atoms with Crippen LogP contribution in [0.2, 0.25) is 0 Å². The molecule has 0 atom stereocenters. The monoisotopic (exact) mass is 188 g/mol. The zero-order valence-corrected chi connectivity index (χ0v) is 8.31. The lowest BCUT2D eigenvalue weighted by molar-refractivity contribution is -0.121. The number of carbonyl (C=O) groups is 1. The fourth-order valence-corrected chi connectivity index (χ4v) is 0.959. The standard InChI is InChI=1S/C9H20N2O2/c1-2-5-10-6-3-4-9(13)11-7-8-12/h10,12H,2-8H2,1H3,(H,11,13). The van der Waals surface area contributed by atoms with Crippen LogP contribution in [0.15, 0.2) is 0 Å². The van der Waals surface area contributed by atoms with Gasteiger partial charge >= 0.3 is 0 Å². The van der Waals surface area contributed by atoms with Crippen molar-refractivity contribution in [2.24, 2.45) is 0 Å². The predicted molar refractivity (Wildman–Crippen MR) is 52.5 cm³/mol. The molecule has 0 fully saturated rings. The molecule has 0 aromatic rings. The van der Waals surface area contributed by atoms with Crippen molar-refractivity contribution in [1.29, 1.82) is 0 Å². The van der Waals surface area contributed by atoms with Gasteiger partial charge in [0.05, 0.1) is 6.61 Å². The number of aliphatic hydroxyl groups excluding tert-OH is 1. The fraction of sp³-hybridized carbons (Fsp3) is 0.889. The molecule has 0 aromatic heterocycles. The molecule has 1 amide bonds. The molecule has 4 nitrogen and oxygen atoms in total. The molecule has 0 unspecified atom stereocenters. The third-order valence-corrected chi connectivity index (χ3v) is 1.62. The summed E-state index contributed by atoms with van der Waals surface area (Å²) in [5.74, 6) is 0.0207. The van der Waals surface area contributed by atoms with Crippen molar-refractivity contribution in [3.8, 4) is 0 Å². The highest BCUT2D eigenvalue weighted by atomic mass is 16.3. The minimum atomic E-state index is 0.0137. The highest BCUT2D eigenvalue weighted by molar-refractivity contribution is 5.75. The smallest absolute Gasteiger partial charge is 0.220 e. The Kier molecular flexibility index (Phi) is 9.03. The van der Waals surface area contributed by atoms with Gasteiger partial charge in [-0.1, -0.05) is 6.92 Å². The van der Waals surface area contributed by atoms with Crippen molar-refractivity contribution in [3.05, 3.63) is 0 Å². The Morgan fingerprint density at radius 3 is 2.69 bits per heavy atom. The van der Waals surface area contributed by atoms with Gasteiger partial charge in [0.25, 0.3) is 0 Å². The quantitative estimate of drug-likeness (QED) is 0.465. The van der Waals surface area contributed by atoms with Gasteiger partial charge in [0.15, 0.2) is 0 Å². The third kappa shape index (κ3) is 9.30. The molecule has 0 aliphatic rings. The first-order valence-corrected chi connectivity index (χ1v) is 4.89. The maximum atomic E-state index is 11.0. The lowest BCUT2D eigenvalue weighted by Crippen LogP contribution is -2.27. The van der Waals surface area contributed by atoms with Gasteiger partial charge in [0.1, 0.15) is 0 Å². The minimum absolute atomic E-state index is 0.0137. The molecule has 0 saturated carbocycles. The molecule has 0 spiro atoms. The Balaban J connectivity index is 3.08. The van der Waals surface area contributed by atoms with Crippen molar-refractivity contribution >= 4 is 5.91 Å². The number of aliphatic hydroxyl groups is 1. The van der Waals surface area contributed by atoms with E-state index in [0.717, 1.165) is 25.9 Å². The van der Waals surface area contributed by atoms with E-state index >= 15 is 0 Å². The van der Waals surface area contributed by atoms with Gasteiger partial charge in [0, 0.05) is 13.0 Å². The van der Waals surface area contributed by atoms with Crippen molar-refractivity contribution < 1.29 is 9.90 Å². The summed E-state index contributed by atoms with van der Waals surface area (Å²) < 4.78 is 0. The number of hydrogen-bond acceptors (Lipinski definition) is 3. The van der Waals surface area contributed by atoms with Crippen molar-refractivity contribution in [3.63, 3.8) is 0 Å². The molecule has 4 heteroatoms. The average molecular weight is 188 g/mol. The van der Waals surface area contributed by atoms with E-state index in [9.17, 15) is 4.79 Å².